The second-order valence-electron chi connectivity index (χ2n) is 6.51. The molecule has 0 bridgehead atoms. The lowest BCUT2D eigenvalue weighted by atomic mass is 9.91. The zero-order valence-corrected chi connectivity index (χ0v) is 13.5. The number of hydrogen-bond acceptors (Lipinski definition) is 5. The van der Waals surface area contributed by atoms with Gasteiger partial charge >= 0.3 is 12.1 Å². The molecule has 1 saturated heterocycles. The Morgan fingerprint density at radius 3 is 2.68 bits per heavy atom. The van der Waals surface area contributed by atoms with Crippen LogP contribution in [0.4, 0.5) is 4.79 Å². The van der Waals surface area contributed by atoms with E-state index < -0.39 is 23.2 Å². The summed E-state index contributed by atoms with van der Waals surface area (Å²) in [5, 5.41) is 0. The van der Waals surface area contributed by atoms with Crippen molar-refractivity contribution in [1.82, 2.24) is 4.90 Å². The molecule has 6 heteroatoms. The van der Waals surface area contributed by atoms with E-state index in [2.05, 4.69) is 0 Å². The maximum Gasteiger partial charge on any atom is 0.411 e. The molecule has 2 heterocycles. The minimum Gasteiger partial charge on any atom is -0.469 e. The molecule has 0 aliphatic carbocycles. The van der Waals surface area contributed by atoms with Gasteiger partial charge in [0.2, 0.25) is 0 Å². The van der Waals surface area contributed by atoms with E-state index in [1.807, 2.05) is 0 Å². The highest BCUT2D eigenvalue weighted by molar-refractivity contribution is 5.87. The Bertz CT molecular complexity index is 531. The normalized spacial score (nSPS) is 21.7. The number of methoxy groups -OCH3 is 1. The predicted molar refractivity (Wildman–Crippen MR) is 79.3 cm³/mol. The second kappa shape index (κ2) is 6.02. The van der Waals surface area contributed by atoms with Crippen LogP contribution in [0.25, 0.3) is 0 Å². The zero-order chi connectivity index (χ0) is 16.4. The minimum atomic E-state index is -1.06. The smallest absolute Gasteiger partial charge is 0.411 e. The molecule has 1 aliphatic heterocycles. The van der Waals surface area contributed by atoms with E-state index in [1.54, 1.807) is 39.2 Å². The number of furan rings is 1. The summed E-state index contributed by atoms with van der Waals surface area (Å²) < 4.78 is 15.8. The standard InChI is InChI=1S/C16H23NO5/c1-15(2,3)22-14(19)17-9-6-8-16(17,13(18)20-4)11-12-7-5-10-21-12/h5,7,10H,6,8-9,11H2,1-4H3. The van der Waals surface area contributed by atoms with Gasteiger partial charge in [0.15, 0.2) is 5.54 Å². The number of likely N-dealkylation sites (tertiary alicyclic amines) is 1. The molecule has 0 spiro atoms. The summed E-state index contributed by atoms with van der Waals surface area (Å²) in [4.78, 5) is 26.4. The first-order chi connectivity index (χ1) is 10.3. The van der Waals surface area contributed by atoms with Crippen molar-refractivity contribution in [2.24, 2.45) is 0 Å². The largest absolute Gasteiger partial charge is 0.469 e. The van der Waals surface area contributed by atoms with Crippen molar-refractivity contribution >= 4 is 12.1 Å². The SMILES string of the molecule is COC(=O)C1(Cc2ccco2)CCCN1C(=O)OC(C)(C)C. The number of carbonyl (C=O) groups excluding carboxylic acids is 2. The van der Waals surface area contributed by atoms with Gasteiger partial charge in [-0.25, -0.2) is 9.59 Å². The Morgan fingerprint density at radius 2 is 2.14 bits per heavy atom. The summed E-state index contributed by atoms with van der Waals surface area (Å²) in [5.41, 5.74) is -1.68. The number of esters is 1. The Morgan fingerprint density at radius 1 is 1.41 bits per heavy atom. The molecular weight excluding hydrogens is 286 g/mol. The third kappa shape index (κ3) is 3.26. The monoisotopic (exact) mass is 309 g/mol. The molecule has 1 atom stereocenters. The van der Waals surface area contributed by atoms with Crippen LogP contribution >= 0.6 is 0 Å². The van der Waals surface area contributed by atoms with Crippen LogP contribution in [-0.4, -0.2) is 41.8 Å². The lowest BCUT2D eigenvalue weighted by Gasteiger charge is -2.36. The predicted octanol–water partition coefficient (Wildman–Crippen LogP) is 2.76. The van der Waals surface area contributed by atoms with Gasteiger partial charge in [0.1, 0.15) is 11.4 Å². The van der Waals surface area contributed by atoms with E-state index in [0.29, 0.717) is 18.7 Å². The summed E-state index contributed by atoms with van der Waals surface area (Å²) in [7, 11) is 1.33. The van der Waals surface area contributed by atoms with Gasteiger partial charge in [0, 0.05) is 13.0 Å². The lowest BCUT2D eigenvalue weighted by Crippen LogP contribution is -2.56. The molecule has 2 rings (SSSR count). The minimum absolute atomic E-state index is 0.284. The van der Waals surface area contributed by atoms with Crippen molar-refractivity contribution in [3.8, 4) is 0 Å². The molecule has 1 aliphatic rings. The zero-order valence-electron chi connectivity index (χ0n) is 13.5. The number of amides is 1. The van der Waals surface area contributed by atoms with Crippen LogP contribution in [0, 0.1) is 0 Å². The van der Waals surface area contributed by atoms with Crippen molar-refractivity contribution in [3.63, 3.8) is 0 Å². The molecule has 0 saturated carbocycles. The van der Waals surface area contributed by atoms with Crippen LogP contribution in [-0.2, 0) is 20.7 Å². The van der Waals surface area contributed by atoms with Crippen LogP contribution in [0.2, 0.25) is 0 Å². The van der Waals surface area contributed by atoms with Crippen molar-refractivity contribution in [2.75, 3.05) is 13.7 Å². The van der Waals surface area contributed by atoms with Gasteiger partial charge in [-0.05, 0) is 45.7 Å². The summed E-state index contributed by atoms with van der Waals surface area (Å²) in [5.74, 6) is 0.202. The molecule has 6 nitrogen and oxygen atoms in total. The third-order valence-electron chi connectivity index (χ3n) is 3.71. The lowest BCUT2D eigenvalue weighted by molar-refractivity contribution is -0.153. The van der Waals surface area contributed by atoms with Crippen LogP contribution < -0.4 is 0 Å². The van der Waals surface area contributed by atoms with Crippen LogP contribution in [0.1, 0.15) is 39.4 Å². The molecular formula is C16H23NO5. The molecule has 1 unspecified atom stereocenters. The van der Waals surface area contributed by atoms with Gasteiger partial charge in [0.05, 0.1) is 13.4 Å². The molecule has 1 fully saturated rings. The maximum atomic E-state index is 12.5. The molecule has 0 radical (unpaired) electrons. The molecule has 0 N–H and O–H groups in total. The first kappa shape index (κ1) is 16.4. The summed E-state index contributed by atoms with van der Waals surface area (Å²) >= 11 is 0. The van der Waals surface area contributed by atoms with Crippen molar-refractivity contribution in [2.45, 2.75) is 51.2 Å². The average Bonchev–Trinajstić information content (AvgIpc) is 3.06. The molecule has 22 heavy (non-hydrogen) atoms. The van der Waals surface area contributed by atoms with E-state index in [0.717, 1.165) is 6.42 Å². The molecule has 0 aromatic carbocycles. The first-order valence-corrected chi connectivity index (χ1v) is 7.40. The molecule has 1 amide bonds. The van der Waals surface area contributed by atoms with Crippen LogP contribution in [0.3, 0.4) is 0 Å². The average molecular weight is 309 g/mol. The van der Waals surface area contributed by atoms with Gasteiger partial charge in [-0.2, -0.15) is 0 Å². The van der Waals surface area contributed by atoms with Gasteiger partial charge in [-0.15, -0.1) is 0 Å². The first-order valence-electron chi connectivity index (χ1n) is 7.40. The number of nitrogens with zero attached hydrogens (tertiary/aromatic N) is 1. The number of carbonyl (C=O) groups is 2. The fourth-order valence-electron chi connectivity index (χ4n) is 2.82. The summed E-state index contributed by atoms with van der Waals surface area (Å²) in [6.07, 6.45) is 2.58. The van der Waals surface area contributed by atoms with E-state index in [9.17, 15) is 9.59 Å². The van der Waals surface area contributed by atoms with Gasteiger partial charge in [0.25, 0.3) is 0 Å². The van der Waals surface area contributed by atoms with Crippen LogP contribution in [0.15, 0.2) is 22.8 Å². The quantitative estimate of drug-likeness (QED) is 0.803. The highest BCUT2D eigenvalue weighted by Crippen LogP contribution is 2.35. The third-order valence-corrected chi connectivity index (χ3v) is 3.71. The topological polar surface area (TPSA) is 69.0 Å². The summed E-state index contributed by atoms with van der Waals surface area (Å²) in [6, 6.07) is 3.55. The highest BCUT2D eigenvalue weighted by Gasteiger charge is 2.52. The fourth-order valence-corrected chi connectivity index (χ4v) is 2.82. The fraction of sp³-hybridized carbons (Fsp3) is 0.625. The van der Waals surface area contributed by atoms with E-state index in [4.69, 9.17) is 13.9 Å². The highest BCUT2D eigenvalue weighted by atomic mass is 16.6. The molecule has 122 valence electrons. The second-order valence-corrected chi connectivity index (χ2v) is 6.51. The van der Waals surface area contributed by atoms with Gasteiger partial charge in [-0.3, -0.25) is 4.90 Å². The number of hydrogen-bond donors (Lipinski definition) is 0. The number of ether oxygens (including phenoxy) is 2. The van der Waals surface area contributed by atoms with Crippen molar-refractivity contribution in [3.05, 3.63) is 24.2 Å². The van der Waals surface area contributed by atoms with E-state index in [-0.39, 0.29) is 6.42 Å². The molecule has 1 aromatic rings. The summed E-state index contributed by atoms with van der Waals surface area (Å²) in [6.45, 7) is 5.86. The van der Waals surface area contributed by atoms with Gasteiger partial charge in [-0.1, -0.05) is 0 Å². The molecule has 1 aromatic heterocycles. The van der Waals surface area contributed by atoms with Crippen molar-refractivity contribution < 1.29 is 23.5 Å². The van der Waals surface area contributed by atoms with Gasteiger partial charge < -0.3 is 13.9 Å². The maximum absolute atomic E-state index is 12.5. The Labute approximate surface area is 130 Å². The van der Waals surface area contributed by atoms with Crippen molar-refractivity contribution in [1.29, 1.82) is 0 Å². The van der Waals surface area contributed by atoms with E-state index in [1.165, 1.54) is 12.0 Å². The Balaban J connectivity index is 2.30. The Hall–Kier alpha value is -1.98. The Kier molecular flexibility index (Phi) is 4.49. The number of rotatable bonds is 3. The van der Waals surface area contributed by atoms with E-state index >= 15 is 0 Å². The van der Waals surface area contributed by atoms with Crippen LogP contribution in [0.5, 0.6) is 0 Å².